The van der Waals surface area contributed by atoms with Crippen molar-refractivity contribution in [3.8, 4) is 11.3 Å². The van der Waals surface area contributed by atoms with Gasteiger partial charge in [-0.3, -0.25) is 19.0 Å². The van der Waals surface area contributed by atoms with E-state index in [-0.39, 0.29) is 29.8 Å². The van der Waals surface area contributed by atoms with E-state index >= 15 is 0 Å². The van der Waals surface area contributed by atoms with Crippen molar-refractivity contribution in [1.29, 1.82) is 0 Å². The monoisotopic (exact) mass is 444 g/mol. The molecule has 1 aliphatic heterocycles. The van der Waals surface area contributed by atoms with Crippen LogP contribution in [0.25, 0.3) is 11.3 Å². The maximum atomic E-state index is 12.9. The summed E-state index contributed by atoms with van der Waals surface area (Å²) in [4.78, 5) is 41.4. The van der Waals surface area contributed by atoms with E-state index in [1.807, 2.05) is 12.1 Å². The van der Waals surface area contributed by atoms with Crippen molar-refractivity contribution in [2.45, 2.75) is 52.0 Å². The van der Waals surface area contributed by atoms with Crippen molar-refractivity contribution in [1.82, 2.24) is 20.2 Å². The highest BCUT2D eigenvalue weighted by atomic mass is 35.5. The molecule has 31 heavy (non-hydrogen) atoms. The third-order valence-electron chi connectivity index (χ3n) is 5.49. The lowest BCUT2D eigenvalue weighted by Gasteiger charge is -2.22. The van der Waals surface area contributed by atoms with Crippen LogP contribution in [-0.4, -0.2) is 34.5 Å². The van der Waals surface area contributed by atoms with Gasteiger partial charge in [-0.2, -0.15) is 0 Å². The van der Waals surface area contributed by atoms with Gasteiger partial charge in [0.2, 0.25) is 11.8 Å². The minimum atomic E-state index is -0.244. The number of amides is 2. The summed E-state index contributed by atoms with van der Waals surface area (Å²) >= 11 is 5.97. The second kappa shape index (κ2) is 11.1. The van der Waals surface area contributed by atoms with E-state index in [1.165, 1.54) is 10.6 Å². The molecule has 0 radical (unpaired) electrons. The molecule has 8 heteroatoms. The molecule has 0 bridgehead atoms. The number of aryl methyl sites for hydroxylation is 1. The molecule has 2 N–H and O–H groups in total. The highest BCUT2D eigenvalue weighted by Crippen LogP contribution is 2.19. The van der Waals surface area contributed by atoms with Gasteiger partial charge in [0.15, 0.2) is 0 Å². The van der Waals surface area contributed by atoms with E-state index < -0.39 is 0 Å². The molecular weight excluding hydrogens is 416 g/mol. The number of unbranched alkanes of at least 4 members (excludes halogenated alkanes) is 2. The summed E-state index contributed by atoms with van der Waals surface area (Å²) < 4.78 is 1.47. The molecule has 0 aliphatic carbocycles. The second-order valence-corrected chi connectivity index (χ2v) is 8.40. The van der Waals surface area contributed by atoms with Crippen LogP contribution in [0.3, 0.4) is 0 Å². The number of hydrogen-bond donors (Lipinski definition) is 2. The molecule has 1 saturated heterocycles. The third kappa shape index (κ3) is 6.66. The minimum absolute atomic E-state index is 0.0534. The second-order valence-electron chi connectivity index (χ2n) is 7.96. The predicted octanol–water partition coefficient (Wildman–Crippen LogP) is 2.94. The molecule has 1 aliphatic rings. The first-order valence-corrected chi connectivity index (χ1v) is 11.2. The molecule has 0 saturated carbocycles. The highest BCUT2D eigenvalue weighted by molar-refractivity contribution is 6.30. The third-order valence-corrected chi connectivity index (χ3v) is 5.74. The van der Waals surface area contributed by atoms with E-state index in [9.17, 15) is 14.4 Å². The summed E-state index contributed by atoms with van der Waals surface area (Å²) in [6.07, 6.45) is 4.85. The standard InChI is InChI=1S/C23H29ClN4O3/c1-2-3-4-5-20-27-19(17-7-9-18(24)10-8-17)12-23(31)28(20)15-22(30)26-14-16-6-11-21(29)25-13-16/h7-10,12,16H,2-6,11,13-15H2,1H3,(H,25,29)(H,26,30). The molecule has 2 heterocycles. The molecule has 2 amide bonds. The Labute approximate surface area is 187 Å². The topological polar surface area (TPSA) is 93.1 Å². The Hall–Kier alpha value is -2.67. The number of piperidine rings is 1. The maximum absolute atomic E-state index is 12.9. The van der Waals surface area contributed by atoms with E-state index in [1.54, 1.807) is 12.1 Å². The van der Waals surface area contributed by atoms with Crippen molar-refractivity contribution in [2.75, 3.05) is 13.1 Å². The van der Waals surface area contributed by atoms with Crippen LogP contribution >= 0.6 is 11.6 Å². The SMILES string of the molecule is CCCCCc1nc(-c2ccc(Cl)cc2)cc(=O)n1CC(=O)NCC1CCC(=O)NC1. The zero-order valence-corrected chi connectivity index (χ0v) is 18.6. The molecule has 1 atom stereocenters. The highest BCUT2D eigenvalue weighted by Gasteiger charge is 2.19. The fourth-order valence-electron chi connectivity index (χ4n) is 3.63. The molecule has 1 aromatic carbocycles. The van der Waals surface area contributed by atoms with Gasteiger partial charge in [0, 0.05) is 42.6 Å². The Morgan fingerprint density at radius 3 is 2.71 bits per heavy atom. The lowest BCUT2D eigenvalue weighted by molar-refractivity contribution is -0.123. The molecule has 0 spiro atoms. The van der Waals surface area contributed by atoms with Crippen LogP contribution in [0.4, 0.5) is 0 Å². The summed E-state index contributed by atoms with van der Waals surface area (Å²) in [7, 11) is 0. The summed E-state index contributed by atoms with van der Waals surface area (Å²) in [5.74, 6) is 0.660. The number of rotatable bonds is 9. The van der Waals surface area contributed by atoms with Gasteiger partial charge >= 0.3 is 0 Å². The van der Waals surface area contributed by atoms with E-state index in [0.717, 1.165) is 31.2 Å². The number of hydrogen-bond acceptors (Lipinski definition) is 4. The van der Waals surface area contributed by atoms with Crippen LogP contribution in [0.2, 0.25) is 5.02 Å². The number of carbonyl (C=O) groups excluding carboxylic acids is 2. The van der Waals surface area contributed by atoms with E-state index in [2.05, 4.69) is 17.6 Å². The zero-order chi connectivity index (χ0) is 22.2. The lowest BCUT2D eigenvalue weighted by Crippen LogP contribution is -2.42. The van der Waals surface area contributed by atoms with Gasteiger partial charge in [-0.15, -0.1) is 0 Å². The molecule has 1 aromatic heterocycles. The van der Waals surface area contributed by atoms with Crippen molar-refractivity contribution in [2.24, 2.45) is 5.92 Å². The molecule has 2 aromatic rings. The van der Waals surface area contributed by atoms with Gasteiger partial charge in [0.05, 0.1) is 5.69 Å². The fourth-order valence-corrected chi connectivity index (χ4v) is 3.76. The van der Waals surface area contributed by atoms with Crippen molar-refractivity contribution in [3.05, 3.63) is 51.5 Å². The number of halogens is 1. The Bertz CT molecular complexity index is 962. The van der Waals surface area contributed by atoms with Crippen LogP contribution in [-0.2, 0) is 22.6 Å². The average Bonchev–Trinajstić information content (AvgIpc) is 2.76. The first-order chi connectivity index (χ1) is 15.0. The van der Waals surface area contributed by atoms with Gasteiger partial charge in [0.1, 0.15) is 12.4 Å². The van der Waals surface area contributed by atoms with Gasteiger partial charge < -0.3 is 10.6 Å². The summed E-state index contributed by atoms with van der Waals surface area (Å²) in [5, 5.41) is 6.33. The number of nitrogens with one attached hydrogen (secondary N) is 2. The van der Waals surface area contributed by atoms with Crippen LogP contribution in [0, 0.1) is 5.92 Å². The summed E-state index contributed by atoms with van der Waals surface area (Å²) in [6, 6.07) is 8.67. The van der Waals surface area contributed by atoms with Crippen molar-refractivity contribution < 1.29 is 9.59 Å². The Morgan fingerprint density at radius 1 is 1.26 bits per heavy atom. The van der Waals surface area contributed by atoms with E-state index in [4.69, 9.17) is 16.6 Å². The molecule has 1 unspecified atom stereocenters. The smallest absolute Gasteiger partial charge is 0.254 e. The first kappa shape index (κ1) is 23.0. The largest absolute Gasteiger partial charge is 0.356 e. The van der Waals surface area contributed by atoms with E-state index in [0.29, 0.717) is 42.5 Å². The maximum Gasteiger partial charge on any atom is 0.254 e. The van der Waals surface area contributed by atoms with Crippen LogP contribution in [0.1, 0.15) is 44.9 Å². The zero-order valence-electron chi connectivity index (χ0n) is 17.8. The molecule has 166 valence electrons. The fraction of sp³-hybridized carbons (Fsp3) is 0.478. The molecule has 3 rings (SSSR count). The van der Waals surface area contributed by atoms with Crippen LogP contribution in [0.5, 0.6) is 0 Å². The molecule has 7 nitrogen and oxygen atoms in total. The minimum Gasteiger partial charge on any atom is -0.356 e. The Kier molecular flexibility index (Phi) is 8.23. The summed E-state index contributed by atoms with van der Waals surface area (Å²) in [5.41, 5.74) is 1.16. The number of carbonyl (C=O) groups is 2. The van der Waals surface area contributed by atoms with Gasteiger partial charge in [-0.25, -0.2) is 4.98 Å². The van der Waals surface area contributed by atoms with Gasteiger partial charge in [-0.1, -0.05) is 43.5 Å². The van der Waals surface area contributed by atoms with Gasteiger partial charge in [0.25, 0.3) is 5.56 Å². The number of aromatic nitrogens is 2. The lowest BCUT2D eigenvalue weighted by atomic mass is 9.99. The van der Waals surface area contributed by atoms with Crippen LogP contribution in [0.15, 0.2) is 35.1 Å². The molecular formula is C23H29ClN4O3. The quantitative estimate of drug-likeness (QED) is 0.581. The van der Waals surface area contributed by atoms with Gasteiger partial charge in [-0.05, 0) is 30.9 Å². The molecule has 1 fully saturated rings. The number of benzene rings is 1. The average molecular weight is 445 g/mol. The van der Waals surface area contributed by atoms with Crippen molar-refractivity contribution in [3.63, 3.8) is 0 Å². The first-order valence-electron chi connectivity index (χ1n) is 10.9. The van der Waals surface area contributed by atoms with Crippen molar-refractivity contribution >= 4 is 23.4 Å². The Morgan fingerprint density at radius 2 is 2.03 bits per heavy atom. The Balaban J connectivity index is 1.74. The number of nitrogens with zero attached hydrogens (tertiary/aromatic N) is 2. The van der Waals surface area contributed by atoms with Crippen LogP contribution < -0.4 is 16.2 Å². The predicted molar refractivity (Wildman–Crippen MR) is 121 cm³/mol. The normalized spacial score (nSPS) is 16.1. The summed E-state index contributed by atoms with van der Waals surface area (Å²) in [6.45, 7) is 3.10.